The van der Waals surface area contributed by atoms with Gasteiger partial charge in [0.2, 0.25) is 0 Å². The number of carboxylic acid groups (broad SMARTS) is 1. The molecular formula is C25H37N3O5S. The SMILES string of the molecule is CCc1cc(CC)c(OC)c(C(=O)O)c1NS(=O)(=O)c1ccccc1NCCCN(CC)CC. The number of benzene rings is 2. The van der Waals surface area contributed by atoms with Crippen molar-refractivity contribution in [1.29, 1.82) is 0 Å². The molecular weight excluding hydrogens is 454 g/mol. The number of carbonyl (C=O) groups is 1. The Bertz CT molecular complexity index is 1080. The van der Waals surface area contributed by atoms with Gasteiger partial charge < -0.3 is 20.1 Å². The standard InChI is InChI=1S/C25H37N3O5S/c1-6-18-17-19(7-2)24(33-5)22(25(29)30)23(18)27-34(31,32)21-14-11-10-13-20(21)26-15-12-16-28(8-3)9-4/h10-11,13-14,17,26-27H,6-9,12,15-16H2,1-5H3,(H,29,30). The van der Waals surface area contributed by atoms with Gasteiger partial charge in [-0.3, -0.25) is 4.72 Å². The fourth-order valence-electron chi connectivity index (χ4n) is 3.98. The zero-order valence-corrected chi connectivity index (χ0v) is 21.6. The number of hydrogen-bond acceptors (Lipinski definition) is 6. The van der Waals surface area contributed by atoms with E-state index in [4.69, 9.17) is 4.74 Å². The van der Waals surface area contributed by atoms with E-state index in [9.17, 15) is 18.3 Å². The lowest BCUT2D eigenvalue weighted by Gasteiger charge is -2.21. The first-order valence-electron chi connectivity index (χ1n) is 11.8. The summed E-state index contributed by atoms with van der Waals surface area (Å²) in [6.07, 6.45) is 1.88. The summed E-state index contributed by atoms with van der Waals surface area (Å²) in [5.41, 5.74) is 1.66. The average Bonchev–Trinajstić information content (AvgIpc) is 2.83. The fourth-order valence-corrected chi connectivity index (χ4v) is 5.28. The average molecular weight is 492 g/mol. The Morgan fingerprint density at radius 1 is 1.06 bits per heavy atom. The van der Waals surface area contributed by atoms with Crippen LogP contribution < -0.4 is 14.8 Å². The number of carboxylic acids is 1. The molecule has 0 atom stereocenters. The molecule has 0 aliphatic heterocycles. The Hall–Kier alpha value is -2.78. The lowest BCUT2D eigenvalue weighted by molar-refractivity contribution is 0.0694. The van der Waals surface area contributed by atoms with Crippen molar-refractivity contribution in [2.24, 2.45) is 0 Å². The number of methoxy groups -OCH3 is 1. The Labute approximate surface area is 203 Å². The van der Waals surface area contributed by atoms with E-state index in [2.05, 4.69) is 28.8 Å². The van der Waals surface area contributed by atoms with Gasteiger partial charge in [0, 0.05) is 6.54 Å². The van der Waals surface area contributed by atoms with E-state index in [1.54, 1.807) is 24.3 Å². The molecule has 2 rings (SSSR count). The molecule has 0 saturated heterocycles. The topological polar surface area (TPSA) is 108 Å². The summed E-state index contributed by atoms with van der Waals surface area (Å²) >= 11 is 0. The molecule has 0 radical (unpaired) electrons. The van der Waals surface area contributed by atoms with Gasteiger partial charge in [0.25, 0.3) is 10.0 Å². The molecule has 0 saturated carbocycles. The van der Waals surface area contributed by atoms with Crippen LogP contribution in [0.15, 0.2) is 35.2 Å². The number of anilines is 2. The van der Waals surface area contributed by atoms with Gasteiger partial charge in [-0.1, -0.05) is 45.9 Å². The predicted octanol–water partition coefficient (Wildman–Crippen LogP) is 4.46. The molecule has 2 aromatic rings. The summed E-state index contributed by atoms with van der Waals surface area (Å²) in [5, 5.41) is 13.2. The number of sulfonamides is 1. The molecule has 0 aliphatic rings. The van der Waals surface area contributed by atoms with Gasteiger partial charge in [-0.05, 0) is 62.2 Å². The highest BCUT2D eigenvalue weighted by molar-refractivity contribution is 7.93. The van der Waals surface area contributed by atoms with E-state index in [0.29, 0.717) is 30.6 Å². The third kappa shape index (κ3) is 6.42. The Morgan fingerprint density at radius 2 is 1.71 bits per heavy atom. The number of aryl methyl sites for hydroxylation is 2. The van der Waals surface area contributed by atoms with Gasteiger partial charge in [0.05, 0.1) is 18.5 Å². The van der Waals surface area contributed by atoms with Crippen molar-refractivity contribution >= 4 is 27.4 Å². The largest absolute Gasteiger partial charge is 0.495 e. The Morgan fingerprint density at radius 3 is 2.26 bits per heavy atom. The number of rotatable bonds is 14. The smallest absolute Gasteiger partial charge is 0.341 e. The van der Waals surface area contributed by atoms with E-state index < -0.39 is 16.0 Å². The summed E-state index contributed by atoms with van der Waals surface area (Å²) in [7, 11) is -2.69. The third-order valence-corrected chi connectivity index (χ3v) is 7.30. The Kier molecular flexibility index (Phi) is 10.2. The van der Waals surface area contributed by atoms with Crippen molar-refractivity contribution in [3.63, 3.8) is 0 Å². The van der Waals surface area contributed by atoms with Crippen molar-refractivity contribution < 1.29 is 23.1 Å². The maximum Gasteiger partial charge on any atom is 0.341 e. The monoisotopic (exact) mass is 491 g/mol. The van der Waals surface area contributed by atoms with Crippen molar-refractivity contribution in [1.82, 2.24) is 4.90 Å². The van der Waals surface area contributed by atoms with Crippen LogP contribution in [0.5, 0.6) is 5.75 Å². The van der Waals surface area contributed by atoms with E-state index in [1.165, 1.54) is 13.2 Å². The van der Waals surface area contributed by atoms with Crippen molar-refractivity contribution in [2.45, 2.75) is 51.9 Å². The quantitative estimate of drug-likeness (QED) is 0.335. The molecule has 0 heterocycles. The van der Waals surface area contributed by atoms with Gasteiger partial charge in [-0.25, -0.2) is 13.2 Å². The highest BCUT2D eigenvalue weighted by atomic mass is 32.2. The number of para-hydroxylation sites is 1. The number of ether oxygens (including phenoxy) is 1. The van der Waals surface area contributed by atoms with Crippen LogP contribution in [0.4, 0.5) is 11.4 Å². The van der Waals surface area contributed by atoms with Gasteiger partial charge in [-0.15, -0.1) is 0 Å². The minimum atomic E-state index is -4.08. The summed E-state index contributed by atoms with van der Waals surface area (Å²) < 4.78 is 34.9. The van der Waals surface area contributed by atoms with Crippen LogP contribution in [0.1, 0.15) is 55.6 Å². The molecule has 0 spiro atoms. The van der Waals surface area contributed by atoms with E-state index >= 15 is 0 Å². The number of nitrogens with one attached hydrogen (secondary N) is 2. The molecule has 2 aromatic carbocycles. The van der Waals surface area contributed by atoms with Crippen LogP contribution in [0.25, 0.3) is 0 Å². The molecule has 0 bridgehead atoms. The second-order valence-electron chi connectivity index (χ2n) is 7.90. The molecule has 0 aromatic heterocycles. The molecule has 188 valence electrons. The number of nitrogens with zero attached hydrogens (tertiary/aromatic N) is 1. The van der Waals surface area contributed by atoms with Crippen LogP contribution >= 0.6 is 0 Å². The lowest BCUT2D eigenvalue weighted by Crippen LogP contribution is -2.25. The summed E-state index contributed by atoms with van der Waals surface area (Å²) in [5.74, 6) is -1.07. The minimum Gasteiger partial charge on any atom is -0.495 e. The molecule has 9 heteroatoms. The highest BCUT2D eigenvalue weighted by Crippen LogP contribution is 2.37. The van der Waals surface area contributed by atoms with E-state index in [0.717, 1.165) is 31.6 Å². The van der Waals surface area contributed by atoms with Gasteiger partial charge in [0.1, 0.15) is 16.2 Å². The summed E-state index contributed by atoms with van der Waals surface area (Å²) in [4.78, 5) is 14.5. The van der Waals surface area contributed by atoms with Crippen LogP contribution in [0.2, 0.25) is 0 Å². The molecule has 0 aliphatic carbocycles. The van der Waals surface area contributed by atoms with Crippen molar-refractivity contribution in [3.8, 4) is 5.75 Å². The Balaban J connectivity index is 2.42. The minimum absolute atomic E-state index is 0.0420. The maximum absolute atomic E-state index is 13.5. The first-order chi connectivity index (χ1) is 16.2. The fraction of sp³-hybridized carbons (Fsp3) is 0.480. The van der Waals surface area contributed by atoms with Crippen molar-refractivity contribution in [3.05, 3.63) is 47.0 Å². The maximum atomic E-state index is 13.5. The first-order valence-corrected chi connectivity index (χ1v) is 13.3. The van der Waals surface area contributed by atoms with Crippen LogP contribution in [0, 0.1) is 0 Å². The molecule has 34 heavy (non-hydrogen) atoms. The number of hydrogen-bond donors (Lipinski definition) is 3. The third-order valence-electron chi connectivity index (χ3n) is 5.89. The molecule has 3 N–H and O–H groups in total. The van der Waals surface area contributed by atoms with Crippen LogP contribution in [-0.2, 0) is 22.9 Å². The van der Waals surface area contributed by atoms with Crippen LogP contribution in [0.3, 0.4) is 0 Å². The molecule has 0 unspecified atom stereocenters. The van der Waals surface area contributed by atoms with Gasteiger partial charge >= 0.3 is 5.97 Å². The molecule has 8 nitrogen and oxygen atoms in total. The first kappa shape index (κ1) is 27.5. The van der Waals surface area contributed by atoms with Crippen LogP contribution in [-0.4, -0.2) is 57.7 Å². The zero-order valence-electron chi connectivity index (χ0n) is 20.8. The van der Waals surface area contributed by atoms with E-state index in [-0.39, 0.29) is 21.9 Å². The number of aromatic carboxylic acids is 1. The summed E-state index contributed by atoms with van der Waals surface area (Å²) in [6.45, 7) is 11.5. The normalized spacial score (nSPS) is 11.5. The zero-order chi connectivity index (χ0) is 25.3. The van der Waals surface area contributed by atoms with Crippen molar-refractivity contribution in [2.75, 3.05) is 43.3 Å². The van der Waals surface area contributed by atoms with Gasteiger partial charge in [-0.2, -0.15) is 0 Å². The second-order valence-corrected chi connectivity index (χ2v) is 9.55. The lowest BCUT2D eigenvalue weighted by atomic mass is 9.98. The molecule has 0 amide bonds. The highest BCUT2D eigenvalue weighted by Gasteiger charge is 2.27. The van der Waals surface area contributed by atoms with Gasteiger partial charge in [0.15, 0.2) is 0 Å². The second kappa shape index (κ2) is 12.6. The predicted molar refractivity (Wildman–Crippen MR) is 137 cm³/mol. The van der Waals surface area contributed by atoms with E-state index in [1.807, 2.05) is 13.8 Å². The summed E-state index contributed by atoms with van der Waals surface area (Å²) in [6, 6.07) is 8.45. The molecule has 0 fully saturated rings.